The van der Waals surface area contributed by atoms with E-state index in [2.05, 4.69) is 19.1 Å². The Balaban J connectivity index is 0. The zero-order valence-electron chi connectivity index (χ0n) is 6.10. The van der Waals surface area contributed by atoms with Crippen LogP contribution in [0.1, 0.15) is 12.5 Å². The number of aryl methyl sites for hydroxylation is 1. The third-order valence-corrected chi connectivity index (χ3v) is 1.15. The Morgan fingerprint density at radius 3 is 2.40 bits per heavy atom. The van der Waals surface area contributed by atoms with Crippen LogP contribution >= 0.6 is 0 Å². The van der Waals surface area contributed by atoms with Gasteiger partial charge in [-0.15, -0.1) is 0 Å². The molecule has 10 heavy (non-hydrogen) atoms. The van der Waals surface area contributed by atoms with Crippen LogP contribution in [0.4, 0.5) is 0 Å². The molecule has 0 atom stereocenters. The maximum Gasteiger partial charge on any atom is 2.00 e. The van der Waals surface area contributed by atoms with Crippen molar-refractivity contribution in [3.63, 3.8) is 0 Å². The predicted molar refractivity (Wildman–Crippen MR) is 40.4 cm³/mol. The van der Waals surface area contributed by atoms with Gasteiger partial charge in [-0.1, -0.05) is 13.3 Å². The van der Waals surface area contributed by atoms with E-state index in [-0.39, 0.29) is 35.5 Å². The molecule has 0 aromatic heterocycles. The van der Waals surface area contributed by atoms with E-state index in [1.165, 1.54) is 5.56 Å². The van der Waals surface area contributed by atoms with Crippen molar-refractivity contribution in [1.29, 1.82) is 0 Å². The molecular weight excluding hydrogens is 156 g/mol. The maximum absolute atomic E-state index is 3.12. The molecule has 0 aliphatic rings. The van der Waals surface area contributed by atoms with E-state index in [0.29, 0.717) is 0 Å². The second-order valence-corrected chi connectivity index (χ2v) is 1.74. The molecule has 0 unspecified atom stereocenters. The van der Waals surface area contributed by atoms with E-state index in [9.17, 15) is 0 Å². The fraction of sp³-hybridized carbons (Fsp3) is 0.250. The molecule has 0 fully saturated rings. The van der Waals surface area contributed by atoms with Gasteiger partial charge in [0.2, 0.25) is 0 Å². The predicted octanol–water partition coefficient (Wildman–Crippen LogP) is -1.33. The fourth-order valence-corrected chi connectivity index (χ4v) is 0.650. The van der Waals surface area contributed by atoms with E-state index in [4.69, 9.17) is 0 Å². The van der Waals surface area contributed by atoms with Crippen LogP contribution in [0.5, 0.6) is 0 Å². The molecule has 1 rings (SSSR count). The number of halogens is 1. The molecule has 0 aliphatic carbocycles. The van der Waals surface area contributed by atoms with Crippen LogP contribution < -0.4 is 12.4 Å². The smallest absolute Gasteiger partial charge is 1.00 e. The van der Waals surface area contributed by atoms with E-state index in [0.717, 1.165) is 6.42 Å². The third kappa shape index (κ3) is 4.15. The standard InChI is InChI=1S/C8H9.ClH.Mg/c1-2-8-6-4-3-5-7-8;;/h3-6H,2H2,1H3;1H;/q-1;;+2/p-1. The molecule has 0 saturated heterocycles. The van der Waals surface area contributed by atoms with Gasteiger partial charge in [0, 0.05) is 0 Å². The minimum Gasteiger partial charge on any atom is -1.00 e. The summed E-state index contributed by atoms with van der Waals surface area (Å²) in [5.74, 6) is 0. The summed E-state index contributed by atoms with van der Waals surface area (Å²) in [6.07, 6.45) is 1.08. The van der Waals surface area contributed by atoms with Crippen molar-refractivity contribution in [2.24, 2.45) is 0 Å². The largest absolute Gasteiger partial charge is 2.00 e. The Kier molecular flexibility index (Phi) is 9.53. The molecule has 0 N–H and O–H groups in total. The molecule has 1 aromatic rings. The SMILES string of the molecule is CCc1[c-]cccc1.[Cl-].[Mg+2]. The Bertz CT molecular complexity index is 151. The average molecular weight is 165 g/mol. The normalized spacial score (nSPS) is 7.30. The average Bonchev–Trinajstić information content (AvgIpc) is 1.90. The van der Waals surface area contributed by atoms with Crippen molar-refractivity contribution in [2.75, 3.05) is 0 Å². The van der Waals surface area contributed by atoms with Crippen LogP contribution in [0.2, 0.25) is 0 Å². The van der Waals surface area contributed by atoms with Gasteiger partial charge in [-0.2, -0.15) is 35.9 Å². The summed E-state index contributed by atoms with van der Waals surface area (Å²) in [5.41, 5.74) is 1.28. The van der Waals surface area contributed by atoms with Gasteiger partial charge in [-0.3, -0.25) is 0 Å². The summed E-state index contributed by atoms with van der Waals surface area (Å²) in [5, 5.41) is 0. The molecule has 0 saturated carbocycles. The first-order valence-corrected chi connectivity index (χ1v) is 2.89. The minimum atomic E-state index is 0. The Hall–Kier alpha value is 0.276. The van der Waals surface area contributed by atoms with E-state index in [1.807, 2.05) is 18.2 Å². The second kappa shape index (κ2) is 7.38. The first-order valence-electron chi connectivity index (χ1n) is 2.89. The molecule has 0 nitrogen and oxygen atoms in total. The molecular formula is C8H9ClMg. The number of benzene rings is 1. The molecule has 2 heteroatoms. The molecule has 50 valence electrons. The van der Waals surface area contributed by atoms with Gasteiger partial charge < -0.3 is 12.4 Å². The van der Waals surface area contributed by atoms with Gasteiger partial charge in [0.05, 0.1) is 0 Å². The van der Waals surface area contributed by atoms with Crippen molar-refractivity contribution in [2.45, 2.75) is 13.3 Å². The van der Waals surface area contributed by atoms with Crippen LogP contribution in [-0.2, 0) is 6.42 Å². The van der Waals surface area contributed by atoms with Crippen molar-refractivity contribution >= 4 is 23.1 Å². The van der Waals surface area contributed by atoms with Crippen LogP contribution in [0.25, 0.3) is 0 Å². The summed E-state index contributed by atoms with van der Waals surface area (Å²) in [4.78, 5) is 0. The minimum absolute atomic E-state index is 0. The molecule has 0 amide bonds. The first kappa shape index (κ1) is 12.9. The summed E-state index contributed by atoms with van der Waals surface area (Å²) < 4.78 is 0. The van der Waals surface area contributed by atoms with Gasteiger partial charge >= 0.3 is 23.1 Å². The van der Waals surface area contributed by atoms with Gasteiger partial charge in [0.1, 0.15) is 0 Å². The van der Waals surface area contributed by atoms with Gasteiger partial charge in [0.15, 0.2) is 0 Å². The van der Waals surface area contributed by atoms with E-state index < -0.39 is 0 Å². The Morgan fingerprint density at radius 2 is 2.10 bits per heavy atom. The molecule has 0 aliphatic heterocycles. The maximum atomic E-state index is 3.12. The molecule has 1 aromatic carbocycles. The van der Waals surface area contributed by atoms with Crippen LogP contribution in [-0.4, -0.2) is 23.1 Å². The summed E-state index contributed by atoms with van der Waals surface area (Å²) in [7, 11) is 0. The zero-order chi connectivity index (χ0) is 5.82. The van der Waals surface area contributed by atoms with Gasteiger partial charge in [0.25, 0.3) is 0 Å². The Morgan fingerprint density at radius 1 is 1.40 bits per heavy atom. The van der Waals surface area contributed by atoms with Crippen LogP contribution in [0.3, 0.4) is 0 Å². The van der Waals surface area contributed by atoms with Crippen molar-refractivity contribution in [3.05, 3.63) is 35.9 Å². The number of hydrogen-bond donors (Lipinski definition) is 0. The van der Waals surface area contributed by atoms with Crippen molar-refractivity contribution in [3.8, 4) is 0 Å². The second-order valence-electron chi connectivity index (χ2n) is 1.74. The Labute approximate surface area is 84.6 Å². The van der Waals surface area contributed by atoms with Crippen LogP contribution in [0.15, 0.2) is 24.3 Å². The van der Waals surface area contributed by atoms with Gasteiger partial charge in [-0.05, 0) is 0 Å². The molecule has 0 bridgehead atoms. The van der Waals surface area contributed by atoms with E-state index in [1.54, 1.807) is 0 Å². The monoisotopic (exact) mass is 164 g/mol. The van der Waals surface area contributed by atoms with Crippen LogP contribution in [0, 0.1) is 6.07 Å². The van der Waals surface area contributed by atoms with Crippen molar-refractivity contribution < 1.29 is 12.4 Å². The molecule has 0 radical (unpaired) electrons. The summed E-state index contributed by atoms with van der Waals surface area (Å²) >= 11 is 0. The number of rotatable bonds is 1. The van der Waals surface area contributed by atoms with Gasteiger partial charge in [-0.25, -0.2) is 0 Å². The topological polar surface area (TPSA) is 0 Å². The third-order valence-electron chi connectivity index (χ3n) is 1.15. The quantitative estimate of drug-likeness (QED) is 0.357. The fourth-order valence-electron chi connectivity index (χ4n) is 0.650. The molecule has 0 heterocycles. The summed E-state index contributed by atoms with van der Waals surface area (Å²) in [6, 6.07) is 11.2. The van der Waals surface area contributed by atoms with Crippen molar-refractivity contribution in [1.82, 2.24) is 0 Å². The molecule has 0 spiro atoms. The van der Waals surface area contributed by atoms with E-state index >= 15 is 0 Å². The first-order chi connectivity index (χ1) is 3.93. The number of hydrogen-bond acceptors (Lipinski definition) is 0. The summed E-state index contributed by atoms with van der Waals surface area (Å²) in [6.45, 7) is 2.13. The zero-order valence-corrected chi connectivity index (χ0v) is 8.27.